The zero-order valence-electron chi connectivity index (χ0n) is 10.7. The molecule has 0 saturated heterocycles. The molecule has 0 bridgehead atoms. The van der Waals surface area contributed by atoms with Crippen molar-refractivity contribution in [3.05, 3.63) is 29.3 Å². The van der Waals surface area contributed by atoms with Crippen LogP contribution < -0.4 is 0 Å². The molecule has 0 fully saturated rings. The Morgan fingerprint density at radius 1 is 1.33 bits per heavy atom. The molecule has 18 heavy (non-hydrogen) atoms. The third-order valence-corrected chi connectivity index (χ3v) is 4.30. The van der Waals surface area contributed by atoms with Gasteiger partial charge in [0.25, 0.3) is 0 Å². The second-order valence-electron chi connectivity index (χ2n) is 4.40. The van der Waals surface area contributed by atoms with E-state index in [4.69, 9.17) is 5.11 Å². The zero-order chi connectivity index (χ0) is 13.9. The van der Waals surface area contributed by atoms with Gasteiger partial charge in [0.2, 0.25) is 0 Å². The van der Waals surface area contributed by atoms with Gasteiger partial charge in [0.1, 0.15) is 0 Å². The summed E-state index contributed by atoms with van der Waals surface area (Å²) in [5.41, 5.74) is 0.579. The first-order valence-corrected chi connectivity index (χ1v) is 7.10. The van der Waals surface area contributed by atoms with Crippen molar-refractivity contribution >= 4 is 15.8 Å². The maximum atomic E-state index is 12.0. The van der Waals surface area contributed by atoms with Crippen LogP contribution in [0.5, 0.6) is 0 Å². The van der Waals surface area contributed by atoms with Crippen LogP contribution in [0.4, 0.5) is 0 Å². The molecule has 1 rings (SSSR count). The standard InChI is InChI=1S/C12H17NO4S/c1-9-4-5-10(8-11(9)12(14)15)18(16,17)7-6-13(2)3/h4-5,8H,6-7H2,1-3H3,(H,14,15). The Labute approximate surface area is 107 Å². The molecule has 1 N–H and O–H groups in total. The summed E-state index contributed by atoms with van der Waals surface area (Å²) in [6.45, 7) is 2.04. The first kappa shape index (κ1) is 14.7. The van der Waals surface area contributed by atoms with Crippen molar-refractivity contribution in [2.75, 3.05) is 26.4 Å². The number of aromatic carboxylic acids is 1. The smallest absolute Gasteiger partial charge is 0.335 e. The highest BCUT2D eigenvalue weighted by Gasteiger charge is 2.17. The lowest BCUT2D eigenvalue weighted by molar-refractivity contribution is 0.0696. The van der Waals surface area contributed by atoms with Gasteiger partial charge in [-0.2, -0.15) is 0 Å². The molecule has 0 atom stereocenters. The Kier molecular flexibility index (Phi) is 4.48. The largest absolute Gasteiger partial charge is 0.478 e. The highest BCUT2D eigenvalue weighted by atomic mass is 32.2. The number of aryl methyl sites for hydroxylation is 1. The van der Waals surface area contributed by atoms with Gasteiger partial charge in [-0.05, 0) is 38.7 Å². The van der Waals surface area contributed by atoms with Crippen LogP contribution >= 0.6 is 0 Å². The summed E-state index contributed by atoms with van der Waals surface area (Å²) < 4.78 is 24.0. The first-order chi connectivity index (χ1) is 8.24. The maximum absolute atomic E-state index is 12.0. The number of carboxylic acid groups (broad SMARTS) is 1. The zero-order valence-corrected chi connectivity index (χ0v) is 11.5. The number of rotatable bonds is 5. The van der Waals surface area contributed by atoms with Crippen molar-refractivity contribution in [2.45, 2.75) is 11.8 Å². The number of benzene rings is 1. The first-order valence-electron chi connectivity index (χ1n) is 5.45. The summed E-state index contributed by atoms with van der Waals surface area (Å²) >= 11 is 0. The van der Waals surface area contributed by atoms with E-state index in [1.165, 1.54) is 18.2 Å². The Bertz CT molecular complexity index is 549. The van der Waals surface area contributed by atoms with Gasteiger partial charge >= 0.3 is 5.97 Å². The number of hydrogen-bond donors (Lipinski definition) is 1. The molecule has 0 aliphatic heterocycles. The third-order valence-electron chi connectivity index (χ3n) is 2.61. The minimum absolute atomic E-state index is 0.0257. The molecule has 100 valence electrons. The van der Waals surface area contributed by atoms with Crippen LogP contribution in [-0.4, -0.2) is 50.8 Å². The molecule has 5 nitrogen and oxygen atoms in total. The summed E-state index contributed by atoms with van der Waals surface area (Å²) in [6, 6.07) is 4.20. The van der Waals surface area contributed by atoms with E-state index < -0.39 is 15.8 Å². The van der Waals surface area contributed by atoms with Gasteiger partial charge in [-0.15, -0.1) is 0 Å². The Morgan fingerprint density at radius 3 is 2.44 bits per heavy atom. The predicted molar refractivity (Wildman–Crippen MR) is 68.7 cm³/mol. The highest BCUT2D eigenvalue weighted by Crippen LogP contribution is 2.17. The summed E-state index contributed by atoms with van der Waals surface area (Å²) in [5, 5.41) is 8.97. The lowest BCUT2D eigenvalue weighted by atomic mass is 10.1. The van der Waals surface area contributed by atoms with Crippen molar-refractivity contribution in [1.82, 2.24) is 4.90 Å². The van der Waals surface area contributed by atoms with E-state index in [2.05, 4.69) is 0 Å². The van der Waals surface area contributed by atoms with Gasteiger partial charge in [0.05, 0.1) is 16.2 Å². The second-order valence-corrected chi connectivity index (χ2v) is 6.51. The van der Waals surface area contributed by atoms with Crippen LogP contribution in [0.2, 0.25) is 0 Å². The lowest BCUT2D eigenvalue weighted by Crippen LogP contribution is -2.22. The fourth-order valence-corrected chi connectivity index (χ4v) is 2.86. The SMILES string of the molecule is Cc1ccc(S(=O)(=O)CCN(C)C)cc1C(=O)O. The van der Waals surface area contributed by atoms with Crippen LogP contribution in [-0.2, 0) is 9.84 Å². The Balaban J connectivity index is 3.10. The summed E-state index contributed by atoms with van der Waals surface area (Å²) in [4.78, 5) is 12.8. The minimum atomic E-state index is -3.43. The van der Waals surface area contributed by atoms with E-state index >= 15 is 0 Å². The van der Waals surface area contributed by atoms with E-state index in [1.807, 2.05) is 0 Å². The molecule has 0 spiro atoms. The van der Waals surface area contributed by atoms with Crippen molar-refractivity contribution in [1.29, 1.82) is 0 Å². The van der Waals surface area contributed by atoms with Crippen molar-refractivity contribution in [3.63, 3.8) is 0 Å². The fraction of sp³-hybridized carbons (Fsp3) is 0.417. The van der Waals surface area contributed by atoms with E-state index in [9.17, 15) is 13.2 Å². The molecule has 6 heteroatoms. The van der Waals surface area contributed by atoms with Gasteiger partial charge in [-0.3, -0.25) is 0 Å². The fourth-order valence-electron chi connectivity index (χ4n) is 1.45. The number of sulfone groups is 1. The van der Waals surface area contributed by atoms with E-state index in [0.717, 1.165) is 0 Å². The van der Waals surface area contributed by atoms with Crippen LogP contribution in [0.3, 0.4) is 0 Å². The second kappa shape index (κ2) is 5.49. The summed E-state index contributed by atoms with van der Waals surface area (Å²) in [6.07, 6.45) is 0. The van der Waals surface area contributed by atoms with Gasteiger partial charge in [-0.1, -0.05) is 6.07 Å². The van der Waals surface area contributed by atoms with Crippen LogP contribution in [0.15, 0.2) is 23.1 Å². The molecule has 0 amide bonds. The number of carboxylic acids is 1. The Hall–Kier alpha value is -1.40. The van der Waals surface area contributed by atoms with Gasteiger partial charge in [-0.25, -0.2) is 13.2 Å². The normalized spacial score (nSPS) is 11.8. The topological polar surface area (TPSA) is 74.7 Å². The average molecular weight is 271 g/mol. The molecule has 1 aromatic rings. The van der Waals surface area contributed by atoms with Crippen molar-refractivity contribution in [3.8, 4) is 0 Å². The van der Waals surface area contributed by atoms with E-state index in [-0.39, 0.29) is 16.2 Å². The molecule has 0 heterocycles. The monoisotopic (exact) mass is 271 g/mol. The predicted octanol–water partition coefficient (Wildman–Crippen LogP) is 1.03. The Morgan fingerprint density at radius 2 is 1.94 bits per heavy atom. The number of carbonyl (C=O) groups is 1. The minimum Gasteiger partial charge on any atom is -0.478 e. The van der Waals surface area contributed by atoms with Gasteiger partial charge in [0.15, 0.2) is 9.84 Å². The molecule has 0 aliphatic carbocycles. The molecule has 0 aliphatic rings. The van der Waals surface area contributed by atoms with Crippen molar-refractivity contribution in [2.24, 2.45) is 0 Å². The molecule has 0 saturated carbocycles. The maximum Gasteiger partial charge on any atom is 0.335 e. The van der Waals surface area contributed by atoms with Gasteiger partial charge in [0, 0.05) is 6.54 Å². The lowest BCUT2D eigenvalue weighted by Gasteiger charge is -2.11. The highest BCUT2D eigenvalue weighted by molar-refractivity contribution is 7.91. The van der Waals surface area contributed by atoms with Gasteiger partial charge < -0.3 is 10.0 Å². The van der Waals surface area contributed by atoms with Crippen LogP contribution in [0, 0.1) is 6.92 Å². The summed E-state index contributed by atoms with van der Waals surface area (Å²) in [5.74, 6) is -1.14. The van der Waals surface area contributed by atoms with E-state index in [0.29, 0.717) is 12.1 Å². The molecule has 0 unspecified atom stereocenters. The molecule has 1 aromatic carbocycles. The molecular weight excluding hydrogens is 254 g/mol. The van der Waals surface area contributed by atoms with E-state index in [1.54, 1.807) is 25.9 Å². The summed E-state index contributed by atoms with van der Waals surface area (Å²) in [7, 11) is 0.137. The van der Waals surface area contributed by atoms with Crippen molar-refractivity contribution < 1.29 is 18.3 Å². The number of nitrogens with zero attached hydrogens (tertiary/aromatic N) is 1. The molecule has 0 aromatic heterocycles. The average Bonchev–Trinajstić information content (AvgIpc) is 2.26. The van der Waals surface area contributed by atoms with Crippen LogP contribution in [0.25, 0.3) is 0 Å². The van der Waals surface area contributed by atoms with Crippen LogP contribution in [0.1, 0.15) is 15.9 Å². The molecule has 0 radical (unpaired) electrons. The quantitative estimate of drug-likeness (QED) is 0.865. The molecular formula is C12H17NO4S. The third kappa shape index (κ3) is 3.54. The number of hydrogen-bond acceptors (Lipinski definition) is 4.